The first-order chi connectivity index (χ1) is 12.7. The monoisotopic (exact) mass is 370 g/mol. The van der Waals surface area contributed by atoms with Crippen LogP contribution in [0.1, 0.15) is 19.8 Å². The van der Waals surface area contributed by atoms with Crippen molar-refractivity contribution < 1.29 is 14.3 Å². The van der Waals surface area contributed by atoms with Gasteiger partial charge in [-0.1, -0.05) is 36.5 Å². The molecule has 0 fully saturated rings. The van der Waals surface area contributed by atoms with Crippen molar-refractivity contribution in [2.45, 2.75) is 26.3 Å². The molecule has 0 aliphatic rings. The molecule has 3 aromatic rings. The van der Waals surface area contributed by atoms with E-state index in [0.717, 1.165) is 39.5 Å². The number of thiazole rings is 1. The fraction of sp³-hybridized carbons (Fsp3) is 0.300. The lowest BCUT2D eigenvalue weighted by Crippen LogP contribution is -2.17. The third-order valence-electron chi connectivity index (χ3n) is 3.89. The molecule has 5 nitrogen and oxygen atoms in total. The van der Waals surface area contributed by atoms with Crippen LogP contribution in [0.2, 0.25) is 0 Å². The Balaban J connectivity index is 1.78. The molecule has 2 aromatic carbocycles. The third-order valence-corrected chi connectivity index (χ3v) is 4.93. The number of carbonyl (C=O) groups is 1. The number of para-hydroxylation sites is 1. The van der Waals surface area contributed by atoms with Crippen LogP contribution in [0.25, 0.3) is 10.2 Å². The molecule has 0 bridgehead atoms. The maximum absolute atomic E-state index is 12.3. The average molecular weight is 370 g/mol. The van der Waals surface area contributed by atoms with E-state index >= 15 is 0 Å². The first-order valence-electron chi connectivity index (χ1n) is 8.64. The van der Waals surface area contributed by atoms with Gasteiger partial charge in [0.15, 0.2) is 4.80 Å². The van der Waals surface area contributed by atoms with Gasteiger partial charge in [-0.25, -0.2) is 0 Å². The second kappa shape index (κ2) is 8.67. The highest BCUT2D eigenvalue weighted by Gasteiger charge is 2.09. The molecule has 136 valence electrons. The predicted molar refractivity (Wildman–Crippen MR) is 104 cm³/mol. The summed E-state index contributed by atoms with van der Waals surface area (Å²) in [6, 6.07) is 15.4. The van der Waals surface area contributed by atoms with Gasteiger partial charge in [0.05, 0.1) is 30.4 Å². The molecule has 0 saturated heterocycles. The van der Waals surface area contributed by atoms with Gasteiger partial charge in [-0.05, 0) is 36.8 Å². The normalized spacial score (nSPS) is 11.7. The van der Waals surface area contributed by atoms with Gasteiger partial charge < -0.3 is 14.0 Å². The molecule has 6 heteroatoms. The summed E-state index contributed by atoms with van der Waals surface area (Å²) in [5.74, 6) is 1.39. The summed E-state index contributed by atoms with van der Waals surface area (Å²) in [7, 11) is 1.65. The van der Waals surface area contributed by atoms with Crippen LogP contribution in [-0.2, 0) is 11.3 Å². The van der Waals surface area contributed by atoms with E-state index in [9.17, 15) is 4.79 Å². The van der Waals surface area contributed by atoms with E-state index in [-0.39, 0.29) is 12.3 Å². The van der Waals surface area contributed by atoms with Crippen LogP contribution in [0.15, 0.2) is 53.5 Å². The van der Waals surface area contributed by atoms with Crippen molar-refractivity contribution in [3.8, 4) is 11.5 Å². The maximum Gasteiger partial charge on any atom is 0.251 e. The number of aryl methyl sites for hydroxylation is 1. The number of rotatable bonds is 7. The molecule has 0 spiro atoms. The van der Waals surface area contributed by atoms with Crippen LogP contribution in [0.3, 0.4) is 0 Å². The Morgan fingerprint density at radius 1 is 1.15 bits per heavy atom. The van der Waals surface area contributed by atoms with Crippen molar-refractivity contribution in [2.75, 3.05) is 13.7 Å². The summed E-state index contributed by atoms with van der Waals surface area (Å²) in [6.07, 6.45) is 1.22. The summed E-state index contributed by atoms with van der Waals surface area (Å²) in [6.45, 7) is 3.25. The Kier molecular flexibility index (Phi) is 6.07. The lowest BCUT2D eigenvalue weighted by Gasteiger charge is -2.04. The Bertz CT molecular complexity index is 945. The number of aromatic nitrogens is 1. The van der Waals surface area contributed by atoms with E-state index in [2.05, 4.69) is 16.5 Å². The lowest BCUT2D eigenvalue weighted by molar-refractivity contribution is -0.118. The van der Waals surface area contributed by atoms with Gasteiger partial charge in [-0.2, -0.15) is 4.99 Å². The minimum absolute atomic E-state index is 0.177. The minimum atomic E-state index is -0.177. The second-order valence-corrected chi connectivity index (χ2v) is 6.80. The quantitative estimate of drug-likeness (QED) is 0.631. The summed E-state index contributed by atoms with van der Waals surface area (Å²) in [5, 5.41) is 0. The van der Waals surface area contributed by atoms with Crippen LogP contribution in [0.5, 0.6) is 11.5 Å². The highest BCUT2D eigenvalue weighted by atomic mass is 32.1. The first-order valence-corrected chi connectivity index (χ1v) is 9.45. The maximum atomic E-state index is 12.3. The predicted octanol–water partition coefficient (Wildman–Crippen LogP) is 4.02. The fourth-order valence-electron chi connectivity index (χ4n) is 2.64. The first kappa shape index (κ1) is 18.2. The highest BCUT2D eigenvalue weighted by Crippen LogP contribution is 2.23. The van der Waals surface area contributed by atoms with E-state index in [1.165, 1.54) is 11.3 Å². The Morgan fingerprint density at radius 3 is 2.69 bits per heavy atom. The smallest absolute Gasteiger partial charge is 0.251 e. The molecular weight excluding hydrogens is 348 g/mol. The molecule has 26 heavy (non-hydrogen) atoms. The molecular formula is C20H22N2O3S. The second-order valence-electron chi connectivity index (χ2n) is 5.79. The molecule has 0 N–H and O–H groups in total. The van der Waals surface area contributed by atoms with Crippen LogP contribution >= 0.6 is 11.3 Å². The molecule has 0 aliphatic carbocycles. The molecule has 0 atom stereocenters. The Labute approximate surface area is 156 Å². The van der Waals surface area contributed by atoms with Crippen molar-refractivity contribution in [3.05, 3.63) is 53.3 Å². The van der Waals surface area contributed by atoms with Gasteiger partial charge in [-0.15, -0.1) is 0 Å². The van der Waals surface area contributed by atoms with Gasteiger partial charge in [-0.3, -0.25) is 4.79 Å². The van der Waals surface area contributed by atoms with Crippen LogP contribution < -0.4 is 14.3 Å². The minimum Gasteiger partial charge on any atom is -0.497 e. The number of benzene rings is 2. The number of amides is 1. The number of methoxy groups -OCH3 is 1. The molecule has 1 heterocycles. The van der Waals surface area contributed by atoms with Crippen LogP contribution in [0, 0.1) is 0 Å². The molecule has 0 aliphatic heterocycles. The zero-order chi connectivity index (χ0) is 18.4. The van der Waals surface area contributed by atoms with E-state index in [4.69, 9.17) is 9.47 Å². The van der Waals surface area contributed by atoms with E-state index in [0.29, 0.717) is 6.61 Å². The van der Waals surface area contributed by atoms with E-state index in [1.807, 2.05) is 48.5 Å². The van der Waals surface area contributed by atoms with Crippen LogP contribution in [0.4, 0.5) is 0 Å². The SMILES string of the molecule is CCCn1c(=NC(=O)CCOc2ccccc2)sc2cc(OC)ccc21. The number of nitrogens with zero attached hydrogens (tertiary/aromatic N) is 2. The third kappa shape index (κ3) is 4.32. The summed E-state index contributed by atoms with van der Waals surface area (Å²) >= 11 is 1.51. The van der Waals surface area contributed by atoms with Gasteiger partial charge in [0.2, 0.25) is 0 Å². The largest absolute Gasteiger partial charge is 0.497 e. The van der Waals surface area contributed by atoms with Gasteiger partial charge >= 0.3 is 0 Å². The zero-order valence-electron chi connectivity index (χ0n) is 15.0. The molecule has 0 radical (unpaired) electrons. The topological polar surface area (TPSA) is 52.8 Å². The fourth-order valence-corrected chi connectivity index (χ4v) is 3.74. The molecule has 1 amide bonds. The molecule has 0 saturated carbocycles. The van der Waals surface area contributed by atoms with Crippen molar-refractivity contribution in [1.29, 1.82) is 0 Å². The molecule has 0 unspecified atom stereocenters. The van der Waals surface area contributed by atoms with Crippen molar-refractivity contribution >= 4 is 27.5 Å². The van der Waals surface area contributed by atoms with Crippen molar-refractivity contribution in [2.24, 2.45) is 4.99 Å². The lowest BCUT2D eigenvalue weighted by atomic mass is 10.3. The summed E-state index contributed by atoms with van der Waals surface area (Å²) in [4.78, 5) is 17.3. The number of ether oxygens (including phenoxy) is 2. The van der Waals surface area contributed by atoms with Crippen LogP contribution in [-0.4, -0.2) is 24.2 Å². The number of fused-ring (bicyclic) bond motifs is 1. The number of hydrogen-bond donors (Lipinski definition) is 0. The standard InChI is InChI=1S/C20H22N2O3S/c1-3-12-22-17-10-9-16(24-2)14-18(17)26-20(22)21-19(23)11-13-25-15-7-5-4-6-8-15/h4-10,14H,3,11-13H2,1-2H3. The number of hydrogen-bond acceptors (Lipinski definition) is 4. The highest BCUT2D eigenvalue weighted by molar-refractivity contribution is 7.16. The van der Waals surface area contributed by atoms with Gasteiger partial charge in [0.25, 0.3) is 5.91 Å². The summed E-state index contributed by atoms with van der Waals surface area (Å²) in [5.41, 5.74) is 1.07. The average Bonchev–Trinajstić information content (AvgIpc) is 2.99. The Morgan fingerprint density at radius 2 is 1.96 bits per heavy atom. The van der Waals surface area contributed by atoms with E-state index in [1.54, 1.807) is 7.11 Å². The zero-order valence-corrected chi connectivity index (χ0v) is 15.8. The summed E-state index contributed by atoms with van der Waals surface area (Å²) < 4.78 is 14.0. The number of carbonyl (C=O) groups excluding carboxylic acids is 1. The van der Waals surface area contributed by atoms with E-state index < -0.39 is 0 Å². The Hall–Kier alpha value is -2.60. The van der Waals surface area contributed by atoms with Crippen molar-refractivity contribution in [3.63, 3.8) is 0 Å². The van der Waals surface area contributed by atoms with Crippen molar-refractivity contribution in [1.82, 2.24) is 4.57 Å². The molecule has 1 aromatic heterocycles. The van der Waals surface area contributed by atoms with Gasteiger partial charge in [0.1, 0.15) is 11.5 Å². The molecule has 3 rings (SSSR count). The van der Waals surface area contributed by atoms with Gasteiger partial charge in [0, 0.05) is 6.54 Å².